The normalized spacial score (nSPS) is 10.8. The van der Waals surface area contributed by atoms with Gasteiger partial charge in [0.15, 0.2) is 24.6 Å². The maximum absolute atomic E-state index is 10.7. The summed E-state index contributed by atoms with van der Waals surface area (Å²) in [4.78, 5) is 19.0. The monoisotopic (exact) mass is 288 g/mol. The number of fused-ring (bicyclic) bond motifs is 1. The van der Waals surface area contributed by atoms with Crippen LogP contribution in [0.4, 0.5) is 0 Å². The number of hydrogen-bond donors (Lipinski definition) is 0. The number of halogens is 1. The quantitative estimate of drug-likeness (QED) is 0.535. The van der Waals surface area contributed by atoms with Crippen molar-refractivity contribution in [1.82, 2.24) is 19.6 Å². The highest BCUT2D eigenvalue weighted by molar-refractivity contribution is 6.63. The van der Waals surface area contributed by atoms with Gasteiger partial charge in [0.25, 0.3) is 0 Å². The number of carbonyl (C=O) groups excluding carboxylic acids is 1. The highest BCUT2D eigenvalue weighted by Gasteiger charge is 2.09. The fourth-order valence-electron chi connectivity index (χ4n) is 1.94. The van der Waals surface area contributed by atoms with Gasteiger partial charge >= 0.3 is 0 Å². The minimum absolute atomic E-state index is 0.311. The fraction of sp³-hybridized carbons (Fsp3) is 0.154. The van der Waals surface area contributed by atoms with Crippen LogP contribution in [0.5, 0.6) is 0 Å². The van der Waals surface area contributed by atoms with Gasteiger partial charge in [-0.1, -0.05) is 0 Å². The van der Waals surface area contributed by atoms with Gasteiger partial charge in [-0.2, -0.15) is 5.10 Å². The molecular formula is C13H11ClN5O+. The van der Waals surface area contributed by atoms with Crippen molar-refractivity contribution in [2.24, 2.45) is 0 Å². The first-order chi connectivity index (χ1) is 9.74. The van der Waals surface area contributed by atoms with E-state index < -0.39 is 0 Å². The van der Waals surface area contributed by atoms with Crippen LogP contribution in [-0.2, 0) is 11.3 Å². The largest absolute Gasteiger partial charge is 0.281 e. The SMILES string of the molecule is O=C(Cl)CC[n+]1ccc(-c2cncc3ncnn23)cc1. The number of rotatable bonds is 4. The zero-order valence-corrected chi connectivity index (χ0v) is 11.2. The Balaban J connectivity index is 1.91. The number of hydrogen-bond acceptors (Lipinski definition) is 4. The van der Waals surface area contributed by atoms with E-state index in [-0.39, 0.29) is 5.24 Å². The zero-order valence-electron chi connectivity index (χ0n) is 10.5. The Morgan fingerprint density at radius 1 is 1.30 bits per heavy atom. The van der Waals surface area contributed by atoms with Crippen LogP contribution in [0.15, 0.2) is 43.2 Å². The zero-order chi connectivity index (χ0) is 13.9. The molecule has 0 aliphatic rings. The molecule has 0 radical (unpaired) electrons. The summed E-state index contributed by atoms with van der Waals surface area (Å²) in [5.74, 6) is 0. The van der Waals surface area contributed by atoms with Crippen molar-refractivity contribution in [2.45, 2.75) is 13.0 Å². The molecule has 0 amide bonds. The van der Waals surface area contributed by atoms with Gasteiger partial charge in [-0.25, -0.2) is 14.1 Å². The Morgan fingerprint density at radius 3 is 2.85 bits per heavy atom. The topological polar surface area (TPSA) is 64.0 Å². The molecule has 3 aromatic heterocycles. The second-order valence-corrected chi connectivity index (χ2v) is 4.67. The summed E-state index contributed by atoms with van der Waals surface area (Å²) in [7, 11) is 0. The number of aromatic nitrogens is 5. The van der Waals surface area contributed by atoms with Crippen LogP contribution in [-0.4, -0.2) is 24.8 Å². The summed E-state index contributed by atoms with van der Waals surface area (Å²) in [6.07, 6.45) is 8.99. The van der Waals surface area contributed by atoms with Crippen molar-refractivity contribution in [3.8, 4) is 11.3 Å². The van der Waals surface area contributed by atoms with Crippen molar-refractivity contribution in [3.63, 3.8) is 0 Å². The third-order valence-electron chi connectivity index (χ3n) is 2.94. The van der Waals surface area contributed by atoms with Crippen LogP contribution >= 0.6 is 11.6 Å². The predicted molar refractivity (Wildman–Crippen MR) is 71.9 cm³/mol. The molecule has 0 aliphatic heterocycles. The van der Waals surface area contributed by atoms with Crippen LogP contribution in [0.1, 0.15) is 6.42 Å². The minimum Gasteiger partial charge on any atom is -0.281 e. The summed E-state index contributed by atoms with van der Waals surface area (Å²) >= 11 is 5.33. The van der Waals surface area contributed by atoms with Crippen LogP contribution < -0.4 is 4.57 Å². The van der Waals surface area contributed by atoms with E-state index in [1.807, 2.05) is 29.1 Å². The van der Waals surface area contributed by atoms with E-state index in [2.05, 4.69) is 15.1 Å². The lowest BCUT2D eigenvalue weighted by molar-refractivity contribution is -0.695. The van der Waals surface area contributed by atoms with Gasteiger partial charge in [0.05, 0.1) is 24.5 Å². The number of nitrogens with zero attached hydrogens (tertiary/aromatic N) is 5. The lowest BCUT2D eigenvalue weighted by atomic mass is 10.2. The Labute approximate surface area is 119 Å². The van der Waals surface area contributed by atoms with Crippen molar-refractivity contribution < 1.29 is 9.36 Å². The number of aryl methyl sites for hydroxylation is 1. The fourth-order valence-corrected chi connectivity index (χ4v) is 2.03. The lowest BCUT2D eigenvalue weighted by Gasteiger charge is -2.02. The van der Waals surface area contributed by atoms with Crippen molar-refractivity contribution >= 4 is 22.5 Å². The molecule has 3 rings (SSSR count). The molecule has 0 atom stereocenters. The summed E-state index contributed by atoms with van der Waals surface area (Å²) in [5.41, 5.74) is 2.54. The predicted octanol–water partition coefficient (Wildman–Crippen LogP) is 1.23. The smallest absolute Gasteiger partial charge is 0.227 e. The van der Waals surface area contributed by atoms with Gasteiger partial charge in [0.2, 0.25) is 5.24 Å². The van der Waals surface area contributed by atoms with E-state index in [0.29, 0.717) is 18.6 Å². The van der Waals surface area contributed by atoms with E-state index in [1.165, 1.54) is 6.33 Å². The van der Waals surface area contributed by atoms with Crippen molar-refractivity contribution in [3.05, 3.63) is 43.2 Å². The molecule has 0 N–H and O–H groups in total. The molecule has 0 aliphatic carbocycles. The standard InChI is InChI=1S/C13H11ClN5O/c14-12(20)3-6-18-4-1-10(2-5-18)11-7-15-8-13-16-9-17-19(11)13/h1-2,4-5,7-9H,3,6H2/q+1. The second-order valence-electron chi connectivity index (χ2n) is 4.25. The first-order valence-corrected chi connectivity index (χ1v) is 6.43. The van der Waals surface area contributed by atoms with E-state index in [1.54, 1.807) is 16.9 Å². The van der Waals surface area contributed by atoms with Crippen molar-refractivity contribution in [1.29, 1.82) is 0 Å². The van der Waals surface area contributed by atoms with E-state index in [9.17, 15) is 4.79 Å². The molecule has 0 saturated carbocycles. The highest BCUT2D eigenvalue weighted by Crippen LogP contribution is 2.16. The molecule has 0 aromatic carbocycles. The lowest BCUT2D eigenvalue weighted by Crippen LogP contribution is -2.33. The van der Waals surface area contributed by atoms with Gasteiger partial charge in [-0.15, -0.1) is 0 Å². The first-order valence-electron chi connectivity index (χ1n) is 6.05. The molecule has 20 heavy (non-hydrogen) atoms. The van der Waals surface area contributed by atoms with Gasteiger partial charge in [0.1, 0.15) is 6.33 Å². The van der Waals surface area contributed by atoms with E-state index in [4.69, 9.17) is 11.6 Å². The Hall–Kier alpha value is -2.34. The van der Waals surface area contributed by atoms with Crippen LogP contribution in [0, 0.1) is 0 Å². The average molecular weight is 289 g/mol. The first kappa shape index (κ1) is 12.7. The van der Waals surface area contributed by atoms with E-state index >= 15 is 0 Å². The molecule has 100 valence electrons. The van der Waals surface area contributed by atoms with Gasteiger partial charge < -0.3 is 0 Å². The Morgan fingerprint density at radius 2 is 2.10 bits per heavy atom. The molecule has 0 bridgehead atoms. The average Bonchev–Trinajstić information content (AvgIpc) is 2.94. The second kappa shape index (κ2) is 5.34. The number of carbonyl (C=O) groups is 1. The molecule has 3 aromatic rings. The molecule has 7 heteroatoms. The molecule has 0 spiro atoms. The molecule has 0 fully saturated rings. The highest BCUT2D eigenvalue weighted by atomic mass is 35.5. The maximum Gasteiger partial charge on any atom is 0.227 e. The molecule has 6 nitrogen and oxygen atoms in total. The van der Waals surface area contributed by atoms with Crippen LogP contribution in [0.2, 0.25) is 0 Å². The van der Waals surface area contributed by atoms with Gasteiger partial charge in [-0.3, -0.25) is 9.78 Å². The molecule has 0 unspecified atom stereocenters. The third kappa shape index (κ3) is 2.50. The number of pyridine rings is 1. The summed E-state index contributed by atoms with van der Waals surface area (Å²) < 4.78 is 3.63. The third-order valence-corrected chi connectivity index (χ3v) is 3.13. The minimum atomic E-state index is -0.335. The Bertz CT molecular complexity index is 753. The summed E-state index contributed by atoms with van der Waals surface area (Å²) in [5, 5.41) is 3.84. The summed E-state index contributed by atoms with van der Waals surface area (Å²) in [6, 6.07) is 3.88. The van der Waals surface area contributed by atoms with Gasteiger partial charge in [-0.05, 0) is 11.6 Å². The Kier molecular flexibility index (Phi) is 3.39. The summed E-state index contributed by atoms with van der Waals surface area (Å²) in [6.45, 7) is 0.564. The van der Waals surface area contributed by atoms with Gasteiger partial charge in [0, 0.05) is 17.7 Å². The van der Waals surface area contributed by atoms with E-state index in [0.717, 1.165) is 11.3 Å². The molecule has 0 saturated heterocycles. The van der Waals surface area contributed by atoms with Crippen LogP contribution in [0.3, 0.4) is 0 Å². The molecular weight excluding hydrogens is 278 g/mol. The van der Waals surface area contributed by atoms with Crippen LogP contribution in [0.25, 0.3) is 16.9 Å². The maximum atomic E-state index is 10.7. The molecule has 3 heterocycles. The van der Waals surface area contributed by atoms with Crippen molar-refractivity contribution in [2.75, 3.05) is 0 Å².